The highest BCUT2D eigenvalue weighted by molar-refractivity contribution is 5.95. The molecule has 0 saturated carbocycles. The van der Waals surface area contributed by atoms with Gasteiger partial charge in [-0.2, -0.15) is 0 Å². The Morgan fingerprint density at radius 3 is 2.39 bits per heavy atom. The number of anilines is 1. The molecule has 1 unspecified atom stereocenters. The largest absolute Gasteiger partial charge is 0.481 e. The van der Waals surface area contributed by atoms with Gasteiger partial charge in [-0.3, -0.25) is 9.69 Å². The number of likely N-dealkylation sites (N-methyl/N-ethyl adjacent to an activating group) is 1. The third kappa shape index (κ3) is 4.29. The Bertz CT molecular complexity index is 610. The highest BCUT2D eigenvalue weighted by Gasteiger charge is 2.25. The molecular formula is C18H23N3O2. The highest BCUT2D eigenvalue weighted by atomic mass is 16.5. The number of pyridine rings is 1. The van der Waals surface area contributed by atoms with E-state index in [1.807, 2.05) is 30.3 Å². The average Bonchev–Trinajstić information content (AvgIpc) is 2.60. The smallest absolute Gasteiger partial charge is 0.246 e. The first-order chi connectivity index (χ1) is 11.2. The van der Waals surface area contributed by atoms with Gasteiger partial charge in [0.05, 0.1) is 19.0 Å². The summed E-state index contributed by atoms with van der Waals surface area (Å²) in [4.78, 5) is 19.1. The number of aromatic nitrogens is 1. The number of amides is 1. The normalized spacial score (nSPS) is 12.0. The number of carbonyl (C=O) groups excluding carboxylic acids is 1. The molecule has 1 N–H and O–H groups in total. The van der Waals surface area contributed by atoms with Crippen molar-refractivity contribution in [1.29, 1.82) is 0 Å². The number of ether oxygens (including phenoxy) is 1. The maximum atomic E-state index is 12.8. The lowest BCUT2D eigenvalue weighted by atomic mass is 10.0. The fourth-order valence-electron chi connectivity index (χ4n) is 2.54. The van der Waals surface area contributed by atoms with Crippen LogP contribution in [0.25, 0.3) is 0 Å². The Kier molecular flexibility index (Phi) is 6.11. The Hall–Kier alpha value is -2.40. The zero-order chi connectivity index (χ0) is 16.7. The summed E-state index contributed by atoms with van der Waals surface area (Å²) in [7, 11) is 1.56. The molecule has 1 atom stereocenters. The Balaban J connectivity index is 2.22. The van der Waals surface area contributed by atoms with Crippen LogP contribution in [0.3, 0.4) is 0 Å². The Morgan fingerprint density at radius 1 is 1.17 bits per heavy atom. The molecule has 1 aromatic carbocycles. The summed E-state index contributed by atoms with van der Waals surface area (Å²) in [5, 5.41) is 2.94. The minimum absolute atomic E-state index is 0.0631. The summed E-state index contributed by atoms with van der Waals surface area (Å²) in [6.45, 7) is 5.71. The van der Waals surface area contributed by atoms with E-state index in [1.165, 1.54) is 0 Å². The molecule has 2 rings (SSSR count). The molecule has 0 radical (unpaired) electrons. The maximum absolute atomic E-state index is 12.8. The monoisotopic (exact) mass is 313 g/mol. The molecule has 1 amide bonds. The molecule has 0 bridgehead atoms. The molecule has 0 fully saturated rings. The van der Waals surface area contributed by atoms with Crippen LogP contribution in [0.4, 0.5) is 5.69 Å². The van der Waals surface area contributed by atoms with Crippen LogP contribution in [0, 0.1) is 0 Å². The molecular weight excluding hydrogens is 290 g/mol. The van der Waals surface area contributed by atoms with Gasteiger partial charge in [-0.25, -0.2) is 4.98 Å². The third-order valence-electron chi connectivity index (χ3n) is 3.75. The van der Waals surface area contributed by atoms with Gasteiger partial charge in [0, 0.05) is 6.07 Å². The predicted octanol–water partition coefficient (Wildman–Crippen LogP) is 3.11. The lowest BCUT2D eigenvalue weighted by Crippen LogP contribution is -2.37. The number of methoxy groups -OCH3 is 1. The molecule has 2 aromatic rings. The van der Waals surface area contributed by atoms with E-state index < -0.39 is 0 Å². The van der Waals surface area contributed by atoms with Gasteiger partial charge in [-0.05, 0) is 24.7 Å². The van der Waals surface area contributed by atoms with Gasteiger partial charge in [0.2, 0.25) is 11.8 Å². The Labute approximate surface area is 137 Å². The first-order valence-electron chi connectivity index (χ1n) is 7.79. The number of nitrogens with zero attached hydrogens (tertiary/aromatic N) is 2. The Morgan fingerprint density at radius 2 is 1.87 bits per heavy atom. The zero-order valence-corrected chi connectivity index (χ0v) is 13.8. The van der Waals surface area contributed by atoms with Crippen molar-refractivity contribution in [2.24, 2.45) is 0 Å². The summed E-state index contributed by atoms with van der Waals surface area (Å²) in [6, 6.07) is 13.0. The standard InChI is InChI=1S/C18H23N3O2/c1-4-21(5-2)17(14-9-7-6-8-10-14)18(22)20-15-11-12-16(23-3)19-13-15/h6-13,17H,4-5H2,1-3H3,(H,20,22). The van der Waals surface area contributed by atoms with Crippen molar-refractivity contribution in [3.63, 3.8) is 0 Å². The quantitative estimate of drug-likeness (QED) is 0.853. The van der Waals surface area contributed by atoms with Crippen LogP contribution in [0.1, 0.15) is 25.5 Å². The van der Waals surface area contributed by atoms with Crippen LogP contribution in [-0.4, -0.2) is 36.0 Å². The highest BCUT2D eigenvalue weighted by Crippen LogP contribution is 2.22. The minimum Gasteiger partial charge on any atom is -0.481 e. The van der Waals surface area contributed by atoms with Gasteiger partial charge in [0.1, 0.15) is 6.04 Å². The molecule has 0 spiro atoms. The lowest BCUT2D eigenvalue weighted by Gasteiger charge is -2.29. The second-order valence-corrected chi connectivity index (χ2v) is 5.11. The summed E-state index contributed by atoms with van der Waals surface area (Å²) in [5.74, 6) is 0.457. The number of hydrogen-bond acceptors (Lipinski definition) is 4. The summed E-state index contributed by atoms with van der Waals surface area (Å²) >= 11 is 0. The van der Waals surface area contributed by atoms with Gasteiger partial charge in [0.25, 0.3) is 0 Å². The van der Waals surface area contributed by atoms with Gasteiger partial charge in [-0.15, -0.1) is 0 Å². The summed E-state index contributed by atoms with van der Waals surface area (Å²) < 4.78 is 5.03. The van der Waals surface area contributed by atoms with E-state index in [1.54, 1.807) is 25.4 Å². The van der Waals surface area contributed by atoms with Crippen LogP contribution >= 0.6 is 0 Å². The van der Waals surface area contributed by atoms with E-state index >= 15 is 0 Å². The number of rotatable bonds is 7. The van der Waals surface area contributed by atoms with E-state index in [0.717, 1.165) is 18.7 Å². The van der Waals surface area contributed by atoms with Crippen LogP contribution in [0.2, 0.25) is 0 Å². The molecule has 0 aliphatic carbocycles. The summed E-state index contributed by atoms with van der Waals surface area (Å²) in [5.41, 5.74) is 1.64. The topological polar surface area (TPSA) is 54.5 Å². The summed E-state index contributed by atoms with van der Waals surface area (Å²) in [6.07, 6.45) is 1.60. The first kappa shape index (κ1) is 17.0. The first-order valence-corrected chi connectivity index (χ1v) is 7.79. The number of hydrogen-bond donors (Lipinski definition) is 1. The molecule has 1 aromatic heterocycles. The van der Waals surface area contributed by atoms with Crippen molar-refractivity contribution in [2.75, 3.05) is 25.5 Å². The molecule has 0 aliphatic rings. The van der Waals surface area contributed by atoms with Crippen molar-refractivity contribution < 1.29 is 9.53 Å². The van der Waals surface area contributed by atoms with Crippen molar-refractivity contribution in [2.45, 2.75) is 19.9 Å². The van der Waals surface area contributed by atoms with Gasteiger partial charge < -0.3 is 10.1 Å². The van der Waals surface area contributed by atoms with Gasteiger partial charge >= 0.3 is 0 Å². The average molecular weight is 313 g/mol. The van der Waals surface area contributed by atoms with Gasteiger partial charge in [-0.1, -0.05) is 44.2 Å². The predicted molar refractivity (Wildman–Crippen MR) is 91.5 cm³/mol. The molecule has 0 aliphatic heterocycles. The minimum atomic E-state index is -0.326. The van der Waals surface area contributed by atoms with E-state index in [-0.39, 0.29) is 11.9 Å². The van der Waals surface area contributed by atoms with Crippen LogP contribution in [0.15, 0.2) is 48.7 Å². The van der Waals surface area contributed by atoms with E-state index in [4.69, 9.17) is 4.74 Å². The number of benzene rings is 1. The molecule has 5 nitrogen and oxygen atoms in total. The van der Waals surface area contributed by atoms with E-state index in [9.17, 15) is 4.79 Å². The van der Waals surface area contributed by atoms with Crippen LogP contribution < -0.4 is 10.1 Å². The van der Waals surface area contributed by atoms with Crippen molar-refractivity contribution >= 4 is 11.6 Å². The molecule has 122 valence electrons. The molecule has 1 heterocycles. The number of carbonyl (C=O) groups is 1. The second kappa shape index (κ2) is 8.29. The zero-order valence-electron chi connectivity index (χ0n) is 13.8. The SMILES string of the molecule is CCN(CC)C(C(=O)Nc1ccc(OC)nc1)c1ccccc1. The molecule has 5 heteroatoms. The van der Waals surface area contributed by atoms with Crippen molar-refractivity contribution in [1.82, 2.24) is 9.88 Å². The molecule has 0 saturated heterocycles. The fourth-order valence-corrected chi connectivity index (χ4v) is 2.54. The van der Waals surface area contributed by atoms with E-state index in [2.05, 4.69) is 29.0 Å². The second-order valence-electron chi connectivity index (χ2n) is 5.11. The van der Waals surface area contributed by atoms with Gasteiger partial charge in [0.15, 0.2) is 0 Å². The number of nitrogens with one attached hydrogen (secondary N) is 1. The lowest BCUT2D eigenvalue weighted by molar-refractivity contribution is -0.121. The molecule has 23 heavy (non-hydrogen) atoms. The van der Waals surface area contributed by atoms with E-state index in [0.29, 0.717) is 11.6 Å². The van der Waals surface area contributed by atoms with Crippen LogP contribution in [0.5, 0.6) is 5.88 Å². The fraction of sp³-hybridized carbons (Fsp3) is 0.333. The van der Waals surface area contributed by atoms with Crippen molar-refractivity contribution in [3.8, 4) is 5.88 Å². The maximum Gasteiger partial charge on any atom is 0.246 e. The third-order valence-corrected chi connectivity index (χ3v) is 3.75. The van der Waals surface area contributed by atoms with Crippen molar-refractivity contribution in [3.05, 3.63) is 54.2 Å². The van der Waals surface area contributed by atoms with Crippen LogP contribution in [-0.2, 0) is 4.79 Å².